The molecule has 84 valence electrons. The number of methoxy groups -OCH3 is 1. The summed E-state index contributed by atoms with van der Waals surface area (Å²) in [5, 5.41) is 0.845. The summed E-state index contributed by atoms with van der Waals surface area (Å²) in [6.07, 6.45) is 1.72. The Hall–Kier alpha value is -1.71. The Bertz CT molecular complexity index is 517. The normalized spacial score (nSPS) is 11.8. The van der Waals surface area contributed by atoms with E-state index >= 15 is 0 Å². The van der Waals surface area contributed by atoms with E-state index in [0.717, 1.165) is 11.2 Å². The maximum atomic E-state index is 5.27. The van der Waals surface area contributed by atoms with Crippen molar-refractivity contribution in [3.63, 3.8) is 0 Å². The molecule has 0 bridgehead atoms. The van der Waals surface area contributed by atoms with Crippen LogP contribution in [-0.2, 0) is 5.41 Å². The summed E-state index contributed by atoms with van der Waals surface area (Å²) < 4.78 is 5.27. The largest absolute Gasteiger partial charge is 0.480 e. The Kier molecular flexibility index (Phi) is 2.50. The zero-order valence-corrected chi connectivity index (χ0v) is 9.98. The molecule has 0 aliphatic carbocycles. The van der Waals surface area contributed by atoms with Crippen LogP contribution in [0.1, 0.15) is 26.6 Å². The SMILES string of the molecule is COc1nc(C(C)(C)C)nc2ncccc12. The molecule has 2 aromatic rings. The maximum absolute atomic E-state index is 5.27. The number of hydrogen-bond acceptors (Lipinski definition) is 4. The minimum atomic E-state index is -0.112. The summed E-state index contributed by atoms with van der Waals surface area (Å²) in [5.41, 5.74) is 0.568. The van der Waals surface area contributed by atoms with E-state index < -0.39 is 0 Å². The van der Waals surface area contributed by atoms with Gasteiger partial charge in [0.25, 0.3) is 0 Å². The third-order valence-corrected chi connectivity index (χ3v) is 2.30. The molecular formula is C12H15N3O. The zero-order valence-electron chi connectivity index (χ0n) is 9.98. The Morgan fingerprint density at radius 2 is 1.94 bits per heavy atom. The number of rotatable bonds is 1. The van der Waals surface area contributed by atoms with E-state index in [-0.39, 0.29) is 5.41 Å². The lowest BCUT2D eigenvalue weighted by molar-refractivity contribution is 0.395. The van der Waals surface area contributed by atoms with E-state index in [1.54, 1.807) is 13.3 Å². The molecule has 0 saturated heterocycles. The highest BCUT2D eigenvalue weighted by Crippen LogP contribution is 2.25. The van der Waals surface area contributed by atoms with Crippen molar-refractivity contribution in [3.8, 4) is 5.88 Å². The van der Waals surface area contributed by atoms with Crippen molar-refractivity contribution >= 4 is 11.0 Å². The third-order valence-electron chi connectivity index (χ3n) is 2.30. The molecule has 0 atom stereocenters. The van der Waals surface area contributed by atoms with Gasteiger partial charge in [0.1, 0.15) is 5.82 Å². The number of hydrogen-bond donors (Lipinski definition) is 0. The van der Waals surface area contributed by atoms with E-state index in [9.17, 15) is 0 Å². The van der Waals surface area contributed by atoms with Gasteiger partial charge in [-0.1, -0.05) is 20.8 Å². The molecule has 4 nitrogen and oxygen atoms in total. The average Bonchev–Trinajstić information content (AvgIpc) is 2.26. The first-order valence-corrected chi connectivity index (χ1v) is 5.19. The highest BCUT2D eigenvalue weighted by atomic mass is 16.5. The van der Waals surface area contributed by atoms with E-state index in [4.69, 9.17) is 4.74 Å². The molecule has 0 spiro atoms. The van der Waals surface area contributed by atoms with Gasteiger partial charge in [-0.25, -0.2) is 9.97 Å². The maximum Gasteiger partial charge on any atom is 0.226 e. The lowest BCUT2D eigenvalue weighted by Gasteiger charge is -2.17. The van der Waals surface area contributed by atoms with Crippen LogP contribution in [0.5, 0.6) is 5.88 Å². The van der Waals surface area contributed by atoms with Gasteiger partial charge >= 0.3 is 0 Å². The second kappa shape index (κ2) is 3.70. The molecule has 2 aromatic heterocycles. The molecular weight excluding hydrogens is 202 g/mol. The number of nitrogens with zero attached hydrogens (tertiary/aromatic N) is 3. The fourth-order valence-electron chi connectivity index (χ4n) is 1.43. The predicted molar refractivity (Wildman–Crippen MR) is 62.6 cm³/mol. The number of aromatic nitrogens is 3. The van der Waals surface area contributed by atoms with Crippen molar-refractivity contribution in [2.75, 3.05) is 7.11 Å². The van der Waals surface area contributed by atoms with Crippen LogP contribution in [0.2, 0.25) is 0 Å². The van der Waals surface area contributed by atoms with Crippen molar-refractivity contribution in [2.24, 2.45) is 0 Å². The Balaban J connectivity index is 2.73. The summed E-state index contributed by atoms with van der Waals surface area (Å²) in [4.78, 5) is 13.1. The smallest absolute Gasteiger partial charge is 0.226 e. The van der Waals surface area contributed by atoms with Crippen LogP contribution in [-0.4, -0.2) is 22.1 Å². The van der Waals surface area contributed by atoms with E-state index in [1.807, 2.05) is 12.1 Å². The van der Waals surface area contributed by atoms with Gasteiger partial charge in [-0.05, 0) is 12.1 Å². The lowest BCUT2D eigenvalue weighted by atomic mass is 9.95. The topological polar surface area (TPSA) is 47.9 Å². The second-order valence-corrected chi connectivity index (χ2v) is 4.68. The van der Waals surface area contributed by atoms with Crippen LogP contribution in [0.4, 0.5) is 0 Å². The van der Waals surface area contributed by atoms with Gasteiger partial charge in [0.15, 0.2) is 5.65 Å². The first kappa shape index (κ1) is 10.8. The number of pyridine rings is 1. The van der Waals surface area contributed by atoms with Crippen LogP contribution >= 0.6 is 0 Å². The lowest BCUT2D eigenvalue weighted by Crippen LogP contribution is -2.16. The van der Waals surface area contributed by atoms with Gasteiger partial charge < -0.3 is 4.74 Å². The molecule has 2 heterocycles. The Morgan fingerprint density at radius 3 is 2.56 bits per heavy atom. The van der Waals surface area contributed by atoms with Crippen molar-refractivity contribution < 1.29 is 4.74 Å². The molecule has 0 unspecified atom stereocenters. The van der Waals surface area contributed by atoms with Gasteiger partial charge in [-0.15, -0.1) is 0 Å². The highest BCUT2D eigenvalue weighted by Gasteiger charge is 2.20. The van der Waals surface area contributed by atoms with Crippen LogP contribution in [0.15, 0.2) is 18.3 Å². The summed E-state index contributed by atoms with van der Waals surface area (Å²) >= 11 is 0. The molecule has 0 N–H and O–H groups in total. The minimum Gasteiger partial charge on any atom is -0.480 e. The number of fused-ring (bicyclic) bond motifs is 1. The molecule has 2 rings (SSSR count). The fourth-order valence-corrected chi connectivity index (χ4v) is 1.43. The second-order valence-electron chi connectivity index (χ2n) is 4.68. The summed E-state index contributed by atoms with van der Waals surface area (Å²) in [7, 11) is 1.61. The first-order valence-electron chi connectivity index (χ1n) is 5.19. The van der Waals surface area contributed by atoms with Gasteiger partial charge in [0.05, 0.1) is 12.5 Å². The highest BCUT2D eigenvalue weighted by molar-refractivity contribution is 5.79. The molecule has 0 fully saturated rings. The standard InChI is InChI=1S/C12H15N3O/c1-12(2,3)11-14-9-8(6-5-7-13-9)10(15-11)16-4/h5-7H,1-4H3. The monoisotopic (exact) mass is 217 g/mol. The number of ether oxygens (including phenoxy) is 1. The van der Waals surface area contributed by atoms with Crippen molar-refractivity contribution in [1.29, 1.82) is 0 Å². The molecule has 4 heteroatoms. The fraction of sp³-hybridized carbons (Fsp3) is 0.417. The quantitative estimate of drug-likeness (QED) is 0.735. The van der Waals surface area contributed by atoms with E-state index in [2.05, 4.69) is 35.7 Å². The zero-order chi connectivity index (χ0) is 11.8. The van der Waals surface area contributed by atoms with E-state index in [0.29, 0.717) is 11.5 Å². The van der Waals surface area contributed by atoms with Crippen LogP contribution < -0.4 is 4.74 Å². The van der Waals surface area contributed by atoms with Crippen LogP contribution in [0.3, 0.4) is 0 Å². The molecule has 16 heavy (non-hydrogen) atoms. The molecule has 0 aromatic carbocycles. The first-order chi connectivity index (χ1) is 7.52. The van der Waals surface area contributed by atoms with Crippen LogP contribution in [0.25, 0.3) is 11.0 Å². The molecule has 0 amide bonds. The minimum absolute atomic E-state index is 0.112. The van der Waals surface area contributed by atoms with Gasteiger partial charge in [0, 0.05) is 11.6 Å². The molecule has 0 aliphatic rings. The Labute approximate surface area is 94.7 Å². The van der Waals surface area contributed by atoms with Gasteiger partial charge in [0.2, 0.25) is 5.88 Å². The van der Waals surface area contributed by atoms with Crippen molar-refractivity contribution in [3.05, 3.63) is 24.2 Å². The summed E-state index contributed by atoms with van der Waals surface area (Å²) in [6, 6.07) is 3.76. The summed E-state index contributed by atoms with van der Waals surface area (Å²) in [6.45, 7) is 6.20. The summed E-state index contributed by atoms with van der Waals surface area (Å²) in [5.74, 6) is 1.33. The molecule has 0 aliphatic heterocycles. The molecule has 0 radical (unpaired) electrons. The van der Waals surface area contributed by atoms with E-state index in [1.165, 1.54) is 0 Å². The Morgan fingerprint density at radius 1 is 1.19 bits per heavy atom. The molecule has 0 saturated carbocycles. The average molecular weight is 217 g/mol. The third kappa shape index (κ3) is 1.83. The predicted octanol–water partition coefficient (Wildman–Crippen LogP) is 2.33. The van der Waals surface area contributed by atoms with Gasteiger partial charge in [-0.3, -0.25) is 0 Å². The van der Waals surface area contributed by atoms with Crippen LogP contribution in [0, 0.1) is 0 Å². The van der Waals surface area contributed by atoms with Crippen molar-refractivity contribution in [1.82, 2.24) is 15.0 Å². The van der Waals surface area contributed by atoms with Gasteiger partial charge in [-0.2, -0.15) is 4.98 Å². The van der Waals surface area contributed by atoms with Crippen molar-refractivity contribution in [2.45, 2.75) is 26.2 Å².